The number of nitrogens with zero attached hydrogens (tertiary/aromatic N) is 3. The van der Waals surface area contributed by atoms with E-state index in [0.717, 1.165) is 18.5 Å². The van der Waals surface area contributed by atoms with E-state index in [2.05, 4.69) is 46.8 Å². The van der Waals surface area contributed by atoms with Crippen LogP contribution >= 0.6 is 11.3 Å². The van der Waals surface area contributed by atoms with Crippen molar-refractivity contribution in [2.45, 2.75) is 19.8 Å². The molecule has 0 aliphatic carbocycles. The number of rotatable bonds is 6. The SMILES string of the molecule is CCCN1CCN(C(=O)c2ccn[nH]2)CC(Cc2cccc(-c3cccs3)c2)C1=O. The predicted octanol–water partition coefficient (Wildman–Crippen LogP) is 3.69. The van der Waals surface area contributed by atoms with Crippen molar-refractivity contribution in [1.29, 1.82) is 0 Å². The smallest absolute Gasteiger partial charge is 0.271 e. The molecule has 1 aromatic carbocycles. The summed E-state index contributed by atoms with van der Waals surface area (Å²) < 4.78 is 0. The van der Waals surface area contributed by atoms with Crippen molar-refractivity contribution in [3.63, 3.8) is 0 Å². The Morgan fingerprint density at radius 1 is 1.23 bits per heavy atom. The van der Waals surface area contributed by atoms with E-state index in [9.17, 15) is 9.59 Å². The summed E-state index contributed by atoms with van der Waals surface area (Å²) in [4.78, 5) is 31.1. The molecule has 2 aromatic heterocycles. The van der Waals surface area contributed by atoms with Crippen molar-refractivity contribution in [2.75, 3.05) is 26.2 Å². The van der Waals surface area contributed by atoms with Crippen LogP contribution < -0.4 is 0 Å². The Morgan fingerprint density at radius 3 is 2.87 bits per heavy atom. The Morgan fingerprint density at radius 2 is 2.13 bits per heavy atom. The lowest BCUT2D eigenvalue weighted by Gasteiger charge is -2.24. The van der Waals surface area contributed by atoms with Gasteiger partial charge in [-0.1, -0.05) is 37.3 Å². The van der Waals surface area contributed by atoms with Crippen LogP contribution in [0.1, 0.15) is 29.4 Å². The molecule has 0 spiro atoms. The first-order valence-corrected chi connectivity index (χ1v) is 11.2. The molecule has 0 radical (unpaired) electrons. The van der Waals surface area contributed by atoms with Crippen molar-refractivity contribution in [2.24, 2.45) is 5.92 Å². The summed E-state index contributed by atoms with van der Waals surface area (Å²) in [6, 6.07) is 14.2. The van der Waals surface area contributed by atoms with Gasteiger partial charge in [0, 0.05) is 37.3 Å². The molecule has 1 atom stereocenters. The maximum atomic E-state index is 13.3. The quantitative estimate of drug-likeness (QED) is 0.659. The average Bonchev–Trinajstić information content (AvgIpc) is 3.46. The molecule has 6 nitrogen and oxygen atoms in total. The number of aromatic amines is 1. The van der Waals surface area contributed by atoms with Crippen LogP contribution in [0.15, 0.2) is 54.0 Å². The standard InChI is InChI=1S/C23H26N4O2S/c1-2-10-26-11-12-27(23(29)20-8-9-24-25-20)16-19(22(26)28)15-17-5-3-6-18(14-17)21-7-4-13-30-21/h3-9,13-14,19H,2,10-12,15-16H2,1H3,(H,24,25). The fraction of sp³-hybridized carbons (Fsp3) is 0.348. The molecule has 7 heteroatoms. The zero-order chi connectivity index (χ0) is 20.9. The summed E-state index contributed by atoms with van der Waals surface area (Å²) in [5, 5.41) is 8.71. The van der Waals surface area contributed by atoms with E-state index >= 15 is 0 Å². The fourth-order valence-corrected chi connectivity index (χ4v) is 4.72. The molecule has 2 amide bonds. The summed E-state index contributed by atoms with van der Waals surface area (Å²) in [5.41, 5.74) is 2.75. The second kappa shape index (κ2) is 9.26. The minimum Gasteiger partial charge on any atom is -0.341 e. The number of benzene rings is 1. The Hall–Kier alpha value is -2.93. The number of carbonyl (C=O) groups is 2. The Balaban J connectivity index is 1.57. The molecule has 30 heavy (non-hydrogen) atoms. The van der Waals surface area contributed by atoms with E-state index in [1.54, 1.807) is 28.5 Å². The summed E-state index contributed by atoms with van der Waals surface area (Å²) in [7, 11) is 0. The third-order valence-corrected chi connectivity index (χ3v) is 6.39. The fourth-order valence-electron chi connectivity index (χ4n) is 4.00. The highest BCUT2D eigenvalue weighted by molar-refractivity contribution is 7.13. The first-order valence-electron chi connectivity index (χ1n) is 10.4. The number of carbonyl (C=O) groups excluding carboxylic acids is 2. The van der Waals surface area contributed by atoms with E-state index in [-0.39, 0.29) is 17.7 Å². The van der Waals surface area contributed by atoms with Crippen LogP contribution in [0.4, 0.5) is 0 Å². The van der Waals surface area contributed by atoms with Gasteiger partial charge in [0.05, 0.1) is 5.92 Å². The van der Waals surface area contributed by atoms with Crippen LogP contribution in [-0.2, 0) is 11.2 Å². The zero-order valence-electron chi connectivity index (χ0n) is 17.1. The molecule has 1 N–H and O–H groups in total. The van der Waals surface area contributed by atoms with E-state index < -0.39 is 0 Å². The van der Waals surface area contributed by atoms with Gasteiger partial charge in [-0.15, -0.1) is 11.3 Å². The predicted molar refractivity (Wildman–Crippen MR) is 118 cm³/mol. The highest BCUT2D eigenvalue weighted by Crippen LogP contribution is 2.27. The number of hydrogen-bond acceptors (Lipinski definition) is 4. The highest BCUT2D eigenvalue weighted by atomic mass is 32.1. The lowest BCUT2D eigenvalue weighted by atomic mass is 9.96. The second-order valence-electron chi connectivity index (χ2n) is 7.63. The minimum absolute atomic E-state index is 0.101. The van der Waals surface area contributed by atoms with Crippen molar-refractivity contribution < 1.29 is 9.59 Å². The second-order valence-corrected chi connectivity index (χ2v) is 8.57. The summed E-state index contributed by atoms with van der Waals surface area (Å²) in [6.07, 6.45) is 3.10. The van der Waals surface area contributed by atoms with Gasteiger partial charge in [0.2, 0.25) is 5.91 Å². The summed E-state index contributed by atoms with van der Waals surface area (Å²) in [6.45, 7) is 4.32. The van der Waals surface area contributed by atoms with Gasteiger partial charge < -0.3 is 9.80 Å². The Labute approximate surface area is 180 Å². The minimum atomic E-state index is -0.260. The van der Waals surface area contributed by atoms with Gasteiger partial charge in [-0.25, -0.2) is 0 Å². The van der Waals surface area contributed by atoms with Crippen LogP contribution in [0.25, 0.3) is 10.4 Å². The van der Waals surface area contributed by atoms with Gasteiger partial charge >= 0.3 is 0 Å². The maximum Gasteiger partial charge on any atom is 0.271 e. The van der Waals surface area contributed by atoms with Gasteiger partial charge in [0.1, 0.15) is 5.69 Å². The van der Waals surface area contributed by atoms with Crippen molar-refractivity contribution in [3.05, 3.63) is 65.3 Å². The molecule has 1 fully saturated rings. The van der Waals surface area contributed by atoms with Crippen LogP contribution in [0.2, 0.25) is 0 Å². The van der Waals surface area contributed by atoms with E-state index in [0.29, 0.717) is 31.7 Å². The third kappa shape index (κ3) is 4.46. The van der Waals surface area contributed by atoms with Crippen LogP contribution in [-0.4, -0.2) is 58.0 Å². The first kappa shape index (κ1) is 20.3. The van der Waals surface area contributed by atoms with E-state index in [1.165, 1.54) is 10.4 Å². The lowest BCUT2D eigenvalue weighted by Crippen LogP contribution is -2.38. The van der Waals surface area contributed by atoms with E-state index in [4.69, 9.17) is 0 Å². The number of aromatic nitrogens is 2. The van der Waals surface area contributed by atoms with Gasteiger partial charge in [-0.3, -0.25) is 14.7 Å². The molecule has 0 bridgehead atoms. The molecule has 1 saturated heterocycles. The molecular weight excluding hydrogens is 396 g/mol. The summed E-state index contributed by atoms with van der Waals surface area (Å²) >= 11 is 1.71. The van der Waals surface area contributed by atoms with Gasteiger partial charge in [0.25, 0.3) is 5.91 Å². The van der Waals surface area contributed by atoms with Gasteiger partial charge in [0.15, 0.2) is 0 Å². The molecule has 3 aromatic rings. The molecule has 1 aliphatic heterocycles. The topological polar surface area (TPSA) is 69.3 Å². The number of H-pyrrole nitrogens is 1. The Bertz CT molecular complexity index is 985. The average molecular weight is 423 g/mol. The molecule has 4 rings (SSSR count). The molecule has 1 aliphatic rings. The monoisotopic (exact) mass is 422 g/mol. The number of thiophene rings is 1. The largest absolute Gasteiger partial charge is 0.341 e. The van der Waals surface area contributed by atoms with Crippen LogP contribution in [0.5, 0.6) is 0 Å². The third-order valence-electron chi connectivity index (χ3n) is 5.47. The molecule has 1 unspecified atom stereocenters. The highest BCUT2D eigenvalue weighted by Gasteiger charge is 2.32. The number of nitrogens with one attached hydrogen (secondary N) is 1. The zero-order valence-corrected chi connectivity index (χ0v) is 17.9. The Kier molecular flexibility index (Phi) is 6.28. The first-order chi connectivity index (χ1) is 14.7. The van der Waals surface area contributed by atoms with Crippen molar-refractivity contribution in [1.82, 2.24) is 20.0 Å². The molecule has 156 valence electrons. The molecule has 0 saturated carbocycles. The van der Waals surface area contributed by atoms with E-state index in [1.807, 2.05) is 17.0 Å². The van der Waals surface area contributed by atoms with Crippen molar-refractivity contribution >= 4 is 23.2 Å². The lowest BCUT2D eigenvalue weighted by molar-refractivity contribution is -0.134. The number of amides is 2. The van der Waals surface area contributed by atoms with Crippen LogP contribution in [0.3, 0.4) is 0 Å². The molecular formula is C23H26N4O2S. The maximum absolute atomic E-state index is 13.3. The summed E-state index contributed by atoms with van der Waals surface area (Å²) in [5.74, 6) is -0.223. The van der Waals surface area contributed by atoms with Crippen molar-refractivity contribution in [3.8, 4) is 10.4 Å². The normalized spacial score (nSPS) is 17.2. The molecule has 3 heterocycles. The van der Waals surface area contributed by atoms with Gasteiger partial charge in [-0.05, 0) is 41.5 Å². The van der Waals surface area contributed by atoms with Crippen LogP contribution in [0, 0.1) is 5.92 Å². The van der Waals surface area contributed by atoms with Gasteiger partial charge in [-0.2, -0.15) is 5.10 Å². The number of hydrogen-bond donors (Lipinski definition) is 1.